The molecule has 1 heterocycles. The van der Waals surface area contributed by atoms with Gasteiger partial charge in [0, 0.05) is 18.1 Å². The van der Waals surface area contributed by atoms with Gasteiger partial charge in [0.05, 0.1) is 11.5 Å². The molecule has 2 atom stereocenters. The Hall–Kier alpha value is -0.130. The Kier molecular flexibility index (Phi) is 3.54. The number of sulfone groups is 1. The lowest BCUT2D eigenvalue weighted by Crippen LogP contribution is -2.61. The van der Waals surface area contributed by atoms with Crippen molar-refractivity contribution >= 4 is 9.84 Å². The molecule has 106 valence electrons. The van der Waals surface area contributed by atoms with Crippen LogP contribution in [0.15, 0.2) is 0 Å². The average Bonchev–Trinajstić information content (AvgIpc) is 2.78. The summed E-state index contributed by atoms with van der Waals surface area (Å²) in [7, 11) is -0.750. The average molecular weight is 274 g/mol. The molecule has 2 unspecified atom stereocenters. The molecule has 0 aromatic heterocycles. The predicted molar refractivity (Wildman–Crippen MR) is 74.2 cm³/mol. The highest BCUT2D eigenvalue weighted by molar-refractivity contribution is 7.91. The van der Waals surface area contributed by atoms with E-state index in [1.165, 1.54) is 12.8 Å². The lowest BCUT2D eigenvalue weighted by molar-refractivity contribution is 0.00873. The molecule has 0 bridgehead atoms. The van der Waals surface area contributed by atoms with E-state index in [2.05, 4.69) is 25.8 Å². The fourth-order valence-corrected chi connectivity index (χ4v) is 5.77. The second kappa shape index (κ2) is 4.46. The van der Waals surface area contributed by atoms with Crippen LogP contribution in [-0.4, -0.2) is 50.0 Å². The van der Waals surface area contributed by atoms with Crippen LogP contribution in [0.2, 0.25) is 0 Å². The number of rotatable bonds is 3. The highest BCUT2D eigenvalue weighted by Gasteiger charge is 2.52. The van der Waals surface area contributed by atoms with Gasteiger partial charge in [0.15, 0.2) is 9.84 Å². The first kappa shape index (κ1) is 14.3. The van der Waals surface area contributed by atoms with Crippen molar-refractivity contribution in [3.8, 4) is 0 Å². The number of hydrogen-bond donors (Lipinski definition) is 1. The van der Waals surface area contributed by atoms with E-state index in [1.807, 2.05) is 0 Å². The minimum Gasteiger partial charge on any atom is -0.329 e. The molecular formula is C13H26N2O2S. The summed E-state index contributed by atoms with van der Waals surface area (Å²) < 4.78 is 23.3. The molecule has 1 saturated carbocycles. The van der Waals surface area contributed by atoms with Gasteiger partial charge in [0.2, 0.25) is 0 Å². The van der Waals surface area contributed by atoms with Gasteiger partial charge < -0.3 is 5.73 Å². The van der Waals surface area contributed by atoms with Gasteiger partial charge in [-0.1, -0.05) is 20.3 Å². The van der Waals surface area contributed by atoms with Crippen molar-refractivity contribution in [2.75, 3.05) is 25.1 Å². The molecule has 1 aliphatic heterocycles. The zero-order chi connectivity index (χ0) is 13.6. The molecule has 2 fully saturated rings. The number of nitrogens with two attached hydrogens (primary N) is 1. The van der Waals surface area contributed by atoms with Gasteiger partial charge in [-0.2, -0.15) is 0 Å². The minimum atomic E-state index is -2.82. The summed E-state index contributed by atoms with van der Waals surface area (Å²) in [5.74, 6) is 0.643. The predicted octanol–water partition coefficient (Wildman–Crippen LogP) is 1.01. The molecule has 2 N–H and O–H groups in total. The smallest absolute Gasteiger partial charge is 0.151 e. The molecule has 18 heavy (non-hydrogen) atoms. The molecule has 0 amide bonds. The van der Waals surface area contributed by atoms with E-state index < -0.39 is 9.84 Å². The number of hydrogen-bond acceptors (Lipinski definition) is 4. The maximum Gasteiger partial charge on any atom is 0.151 e. The van der Waals surface area contributed by atoms with Crippen LogP contribution in [0, 0.1) is 5.41 Å². The van der Waals surface area contributed by atoms with Crippen molar-refractivity contribution in [3.63, 3.8) is 0 Å². The van der Waals surface area contributed by atoms with E-state index in [4.69, 9.17) is 5.73 Å². The normalized spacial score (nSPS) is 38.4. The van der Waals surface area contributed by atoms with Crippen LogP contribution < -0.4 is 5.73 Å². The van der Waals surface area contributed by atoms with Crippen LogP contribution in [0.3, 0.4) is 0 Å². The van der Waals surface area contributed by atoms with Crippen molar-refractivity contribution in [1.82, 2.24) is 4.90 Å². The monoisotopic (exact) mass is 274 g/mol. The van der Waals surface area contributed by atoms with Crippen LogP contribution in [0.25, 0.3) is 0 Å². The van der Waals surface area contributed by atoms with Gasteiger partial charge in [-0.15, -0.1) is 0 Å². The third kappa shape index (κ3) is 2.10. The van der Waals surface area contributed by atoms with E-state index >= 15 is 0 Å². The molecule has 4 nitrogen and oxygen atoms in total. The summed E-state index contributed by atoms with van der Waals surface area (Å²) >= 11 is 0. The molecule has 0 spiro atoms. The summed E-state index contributed by atoms with van der Waals surface area (Å²) in [4.78, 5) is 2.30. The summed E-state index contributed by atoms with van der Waals surface area (Å²) in [5.41, 5.74) is 6.23. The second-order valence-electron chi connectivity index (χ2n) is 6.64. The summed E-state index contributed by atoms with van der Waals surface area (Å²) in [6.07, 6.45) is 4.21. The van der Waals surface area contributed by atoms with Crippen LogP contribution >= 0.6 is 0 Å². The SMILES string of the molecule is CN(C1CCS(=O)(=O)C1)C1(CN)CCCC1(C)C. The van der Waals surface area contributed by atoms with Crippen LogP contribution in [0.4, 0.5) is 0 Å². The highest BCUT2D eigenvalue weighted by atomic mass is 32.2. The molecule has 1 saturated heterocycles. The zero-order valence-corrected chi connectivity index (χ0v) is 12.6. The summed E-state index contributed by atoms with van der Waals surface area (Å²) in [5, 5.41) is 0. The molecule has 2 aliphatic rings. The zero-order valence-electron chi connectivity index (χ0n) is 11.8. The lowest BCUT2D eigenvalue weighted by Gasteiger charge is -2.50. The Morgan fingerprint density at radius 3 is 2.39 bits per heavy atom. The first-order valence-corrected chi connectivity index (χ1v) is 8.70. The van der Waals surface area contributed by atoms with E-state index in [9.17, 15) is 8.42 Å². The Bertz CT molecular complexity index is 419. The first-order chi connectivity index (χ1) is 8.24. The van der Waals surface area contributed by atoms with Gasteiger partial charge in [0.25, 0.3) is 0 Å². The fourth-order valence-electron chi connectivity index (χ4n) is 4.00. The van der Waals surface area contributed by atoms with Gasteiger partial charge in [-0.3, -0.25) is 4.90 Å². The third-order valence-electron chi connectivity index (χ3n) is 5.42. The number of likely N-dealkylation sites (N-methyl/N-ethyl adjacent to an activating group) is 1. The number of nitrogens with zero attached hydrogens (tertiary/aromatic N) is 1. The maximum absolute atomic E-state index is 11.7. The van der Waals surface area contributed by atoms with E-state index in [1.54, 1.807) is 0 Å². The van der Waals surface area contributed by atoms with Gasteiger partial charge in [0.1, 0.15) is 0 Å². The summed E-state index contributed by atoms with van der Waals surface area (Å²) in [6, 6.07) is 0.149. The highest BCUT2D eigenvalue weighted by Crippen LogP contribution is 2.49. The Morgan fingerprint density at radius 2 is 2.00 bits per heavy atom. The lowest BCUT2D eigenvalue weighted by atomic mass is 9.73. The third-order valence-corrected chi connectivity index (χ3v) is 7.17. The van der Waals surface area contributed by atoms with Gasteiger partial charge in [-0.25, -0.2) is 8.42 Å². The van der Waals surface area contributed by atoms with Crippen molar-refractivity contribution < 1.29 is 8.42 Å². The molecule has 5 heteroatoms. The van der Waals surface area contributed by atoms with Gasteiger partial charge >= 0.3 is 0 Å². The molecule has 1 aliphatic carbocycles. The fraction of sp³-hybridized carbons (Fsp3) is 1.00. The van der Waals surface area contributed by atoms with Crippen molar-refractivity contribution in [1.29, 1.82) is 0 Å². The molecular weight excluding hydrogens is 248 g/mol. The molecule has 2 rings (SSSR count). The summed E-state index contributed by atoms with van der Waals surface area (Å²) in [6.45, 7) is 5.16. The molecule has 0 aromatic carbocycles. The van der Waals surface area contributed by atoms with Crippen LogP contribution in [-0.2, 0) is 9.84 Å². The van der Waals surface area contributed by atoms with E-state index in [-0.39, 0.29) is 17.0 Å². The van der Waals surface area contributed by atoms with Gasteiger partial charge in [-0.05, 0) is 31.7 Å². The minimum absolute atomic E-state index is 0.0302. The van der Waals surface area contributed by atoms with Crippen LogP contribution in [0.5, 0.6) is 0 Å². The molecule has 0 radical (unpaired) electrons. The van der Waals surface area contributed by atoms with E-state index in [0.29, 0.717) is 18.1 Å². The van der Waals surface area contributed by atoms with Crippen molar-refractivity contribution in [2.24, 2.45) is 11.1 Å². The van der Waals surface area contributed by atoms with Crippen molar-refractivity contribution in [3.05, 3.63) is 0 Å². The van der Waals surface area contributed by atoms with E-state index in [0.717, 1.165) is 12.8 Å². The largest absolute Gasteiger partial charge is 0.329 e. The Balaban J connectivity index is 2.24. The molecule has 0 aromatic rings. The van der Waals surface area contributed by atoms with Crippen LogP contribution in [0.1, 0.15) is 39.5 Å². The second-order valence-corrected chi connectivity index (χ2v) is 8.87. The standard InChI is InChI=1S/C13H26N2O2S/c1-12(2)6-4-7-13(12,10-14)15(3)11-5-8-18(16,17)9-11/h11H,4-10,14H2,1-3H3. The Labute approximate surface area is 111 Å². The maximum atomic E-state index is 11.7. The quantitative estimate of drug-likeness (QED) is 0.834. The topological polar surface area (TPSA) is 63.4 Å². The Morgan fingerprint density at radius 1 is 1.33 bits per heavy atom. The van der Waals surface area contributed by atoms with Crippen molar-refractivity contribution in [2.45, 2.75) is 51.1 Å². The first-order valence-electron chi connectivity index (χ1n) is 6.88.